The van der Waals surface area contributed by atoms with Gasteiger partial charge in [-0.1, -0.05) is 18.2 Å². The largest absolute Gasteiger partial charge is 0.494 e. The molecule has 170 valence electrons. The summed E-state index contributed by atoms with van der Waals surface area (Å²) in [6.07, 6.45) is 0. The van der Waals surface area contributed by atoms with E-state index in [0.29, 0.717) is 40.4 Å². The van der Waals surface area contributed by atoms with Crippen LogP contribution in [0.5, 0.6) is 11.6 Å². The molecular formula is C24H19N5O5. The van der Waals surface area contributed by atoms with Crippen LogP contribution in [-0.2, 0) is 15.0 Å². The highest BCUT2D eigenvalue weighted by molar-refractivity contribution is 6.16. The van der Waals surface area contributed by atoms with Crippen LogP contribution in [0.2, 0.25) is 0 Å². The quantitative estimate of drug-likeness (QED) is 0.532. The highest BCUT2D eigenvalue weighted by Crippen LogP contribution is 2.57. The molecule has 34 heavy (non-hydrogen) atoms. The fourth-order valence-electron chi connectivity index (χ4n) is 4.81. The normalized spacial score (nSPS) is 20.5. The summed E-state index contributed by atoms with van der Waals surface area (Å²) >= 11 is 0. The summed E-state index contributed by atoms with van der Waals surface area (Å²) in [7, 11) is 0. The summed E-state index contributed by atoms with van der Waals surface area (Å²) in [5.74, 6) is -2.91. The molecule has 0 radical (unpaired) electrons. The molecule has 1 aromatic heterocycles. The fourth-order valence-corrected chi connectivity index (χ4v) is 4.81. The first kappa shape index (κ1) is 21.2. The number of hydrogen-bond donors (Lipinski definition) is 3. The lowest BCUT2D eigenvalue weighted by molar-refractivity contribution is -0.137. The molecule has 2 aromatic carbocycles. The van der Waals surface area contributed by atoms with E-state index in [1.54, 1.807) is 48.5 Å². The number of anilines is 1. The predicted octanol–water partition coefficient (Wildman–Crippen LogP) is 2.70. The minimum atomic E-state index is -1.70. The van der Waals surface area contributed by atoms with Gasteiger partial charge in [0.05, 0.1) is 23.9 Å². The van der Waals surface area contributed by atoms with E-state index in [2.05, 4.69) is 16.3 Å². The van der Waals surface area contributed by atoms with Crippen molar-refractivity contribution in [2.75, 3.05) is 18.1 Å². The molecule has 0 aliphatic carbocycles. The highest BCUT2D eigenvalue weighted by atomic mass is 16.5. The van der Waals surface area contributed by atoms with Gasteiger partial charge in [-0.05, 0) is 42.8 Å². The van der Waals surface area contributed by atoms with Crippen LogP contribution in [0, 0.1) is 22.7 Å². The number of carbonyl (C=O) groups is 2. The van der Waals surface area contributed by atoms with Crippen molar-refractivity contribution >= 4 is 23.5 Å². The number of fused-ring (bicyclic) bond motifs is 4. The second kappa shape index (κ2) is 7.74. The minimum absolute atomic E-state index is 0.000660. The summed E-state index contributed by atoms with van der Waals surface area (Å²) in [6.45, 7) is 1.80. The number of carboxylic acids is 1. The molecule has 10 heteroatoms. The summed E-state index contributed by atoms with van der Waals surface area (Å²) in [6, 6.07) is 15.9. The molecular weight excluding hydrogens is 438 g/mol. The zero-order valence-corrected chi connectivity index (χ0v) is 18.0. The molecule has 0 fully saturated rings. The summed E-state index contributed by atoms with van der Waals surface area (Å²) in [5, 5.41) is 35.1. The number of ether oxygens (including phenoxy) is 2. The number of carbonyl (C=O) groups excluding carboxylic acids is 1. The van der Waals surface area contributed by atoms with Gasteiger partial charge in [-0.3, -0.25) is 25.0 Å². The zero-order valence-electron chi connectivity index (χ0n) is 18.0. The smallest absolute Gasteiger partial charge is 0.323 e. The molecule has 2 aliphatic heterocycles. The van der Waals surface area contributed by atoms with Crippen LogP contribution in [0.15, 0.2) is 48.5 Å². The van der Waals surface area contributed by atoms with Gasteiger partial charge in [0.2, 0.25) is 17.7 Å². The number of para-hydroxylation sites is 1. The summed E-state index contributed by atoms with van der Waals surface area (Å²) in [5.41, 5.74) is 0.486. The number of hydrogen-bond acceptors (Lipinski definition) is 7. The Labute approximate surface area is 193 Å². The molecule has 0 saturated carbocycles. The minimum Gasteiger partial charge on any atom is -0.494 e. The summed E-state index contributed by atoms with van der Waals surface area (Å²) in [4.78, 5) is 26.8. The van der Waals surface area contributed by atoms with Crippen LogP contribution in [0.1, 0.15) is 18.1 Å². The average molecular weight is 457 g/mol. The Balaban J connectivity index is 1.80. The van der Waals surface area contributed by atoms with Gasteiger partial charge in [0.25, 0.3) is 0 Å². The van der Waals surface area contributed by atoms with E-state index in [-0.39, 0.29) is 5.88 Å². The van der Waals surface area contributed by atoms with E-state index in [4.69, 9.17) is 14.9 Å². The van der Waals surface area contributed by atoms with Crippen LogP contribution in [0.4, 0.5) is 5.69 Å². The Hall–Kier alpha value is -4.65. The van der Waals surface area contributed by atoms with Crippen LogP contribution in [0.25, 0.3) is 11.3 Å². The van der Waals surface area contributed by atoms with Gasteiger partial charge >= 0.3 is 5.97 Å². The Morgan fingerprint density at radius 2 is 2.06 bits per heavy atom. The average Bonchev–Trinajstić information content (AvgIpc) is 3.34. The van der Waals surface area contributed by atoms with E-state index in [0.717, 1.165) is 4.90 Å². The lowest BCUT2D eigenvalue weighted by atomic mass is 9.65. The number of nitriles is 1. The molecule has 1 amide bonds. The lowest BCUT2D eigenvalue weighted by Gasteiger charge is -2.36. The van der Waals surface area contributed by atoms with Crippen molar-refractivity contribution in [3.8, 4) is 29.0 Å². The predicted molar refractivity (Wildman–Crippen MR) is 120 cm³/mol. The molecule has 5 rings (SSSR count). The van der Waals surface area contributed by atoms with Crippen molar-refractivity contribution in [1.82, 2.24) is 10.2 Å². The molecule has 3 aromatic rings. The van der Waals surface area contributed by atoms with Gasteiger partial charge in [0.15, 0.2) is 0 Å². The molecule has 3 heterocycles. The summed E-state index contributed by atoms with van der Waals surface area (Å²) < 4.78 is 11.1. The Morgan fingerprint density at radius 1 is 1.32 bits per heavy atom. The van der Waals surface area contributed by atoms with Gasteiger partial charge in [0, 0.05) is 11.3 Å². The van der Waals surface area contributed by atoms with Crippen molar-refractivity contribution in [3.05, 3.63) is 59.7 Å². The van der Waals surface area contributed by atoms with Gasteiger partial charge in [-0.15, -0.1) is 5.10 Å². The highest BCUT2D eigenvalue weighted by Gasteiger charge is 2.64. The second-order valence-electron chi connectivity index (χ2n) is 7.87. The number of rotatable bonds is 5. The first-order chi connectivity index (χ1) is 16.4. The molecule has 2 atom stereocenters. The zero-order chi connectivity index (χ0) is 24.0. The topological polar surface area (TPSA) is 152 Å². The van der Waals surface area contributed by atoms with E-state index >= 15 is 0 Å². The molecule has 10 nitrogen and oxygen atoms in total. The molecule has 1 spiro atoms. The van der Waals surface area contributed by atoms with Gasteiger partial charge in [-0.25, -0.2) is 0 Å². The third kappa shape index (κ3) is 2.80. The Bertz CT molecular complexity index is 1370. The molecule has 3 N–H and O–H groups in total. The van der Waals surface area contributed by atoms with E-state index < -0.39 is 35.7 Å². The number of aliphatic carboxylic acids is 1. The molecule has 0 bridgehead atoms. The third-order valence-electron chi connectivity index (χ3n) is 6.11. The van der Waals surface area contributed by atoms with Gasteiger partial charge in [0.1, 0.15) is 23.6 Å². The standard InChI is InChI=1S/C24H19N5O5/c1-2-33-14-9-7-13(8-10-14)20-19-22(28-27-20)34-21(26)16(11-25)24(19)15-5-3-4-6-17(15)29(23(24)32)12-18(30)31/h3-10,16,26H,2,12H2,1H3,(H,27,28)(H,30,31). The maximum atomic E-state index is 14.1. The van der Waals surface area contributed by atoms with E-state index in [1.807, 2.05) is 6.92 Å². The van der Waals surface area contributed by atoms with Crippen LogP contribution >= 0.6 is 0 Å². The SMILES string of the molecule is CCOc1ccc(-c2[nH]nc3c2C2(C(=O)N(CC(=O)O)c4ccccc42)C(C#N)C(=N)O3)cc1. The fraction of sp³-hybridized carbons (Fsp3) is 0.208. The number of H-pyrrole nitrogens is 1. The second-order valence-corrected chi connectivity index (χ2v) is 7.87. The molecule has 2 unspecified atom stereocenters. The van der Waals surface area contributed by atoms with Crippen molar-refractivity contribution < 1.29 is 24.2 Å². The van der Waals surface area contributed by atoms with E-state index in [9.17, 15) is 20.0 Å². The van der Waals surface area contributed by atoms with Crippen LogP contribution < -0.4 is 14.4 Å². The number of nitrogens with zero attached hydrogens (tertiary/aromatic N) is 3. The number of carboxylic acid groups (broad SMARTS) is 1. The van der Waals surface area contributed by atoms with Crippen molar-refractivity contribution in [1.29, 1.82) is 10.7 Å². The first-order valence-electron chi connectivity index (χ1n) is 10.5. The lowest BCUT2D eigenvalue weighted by Crippen LogP contribution is -2.53. The van der Waals surface area contributed by atoms with Crippen LogP contribution in [0.3, 0.4) is 0 Å². The number of benzene rings is 2. The first-order valence-corrected chi connectivity index (χ1v) is 10.5. The monoisotopic (exact) mass is 457 g/mol. The number of amides is 1. The number of aromatic nitrogens is 2. The van der Waals surface area contributed by atoms with Crippen LogP contribution in [-0.4, -0.2) is 46.2 Å². The van der Waals surface area contributed by atoms with E-state index in [1.165, 1.54) is 0 Å². The maximum Gasteiger partial charge on any atom is 0.323 e. The molecule has 0 saturated heterocycles. The molecule has 2 aliphatic rings. The van der Waals surface area contributed by atoms with Crippen molar-refractivity contribution in [2.45, 2.75) is 12.3 Å². The van der Waals surface area contributed by atoms with Crippen molar-refractivity contribution in [2.24, 2.45) is 5.92 Å². The number of nitrogens with one attached hydrogen (secondary N) is 2. The van der Waals surface area contributed by atoms with Gasteiger partial charge in [-0.2, -0.15) is 5.26 Å². The Kier molecular flexibility index (Phi) is 4.83. The maximum absolute atomic E-state index is 14.1. The Morgan fingerprint density at radius 3 is 2.74 bits per heavy atom. The van der Waals surface area contributed by atoms with Crippen molar-refractivity contribution in [3.63, 3.8) is 0 Å². The van der Waals surface area contributed by atoms with Gasteiger partial charge < -0.3 is 14.6 Å². The third-order valence-corrected chi connectivity index (χ3v) is 6.11. The number of aromatic amines is 1.